The van der Waals surface area contributed by atoms with Crippen molar-refractivity contribution >= 4 is 11.9 Å². The van der Waals surface area contributed by atoms with E-state index in [0.717, 1.165) is 51.9 Å². The van der Waals surface area contributed by atoms with Crippen molar-refractivity contribution in [3.8, 4) is 0 Å². The highest BCUT2D eigenvalue weighted by Gasteiger charge is 2.09. The van der Waals surface area contributed by atoms with Gasteiger partial charge < -0.3 is 25.1 Å². The zero-order valence-electron chi connectivity index (χ0n) is 14.2. The molecule has 1 saturated heterocycles. The normalized spacial score (nSPS) is 16.0. The van der Waals surface area contributed by atoms with E-state index < -0.39 is 0 Å². The molecule has 0 aromatic carbocycles. The first-order valence-electron chi connectivity index (χ1n) is 8.43. The van der Waals surface area contributed by atoms with Crippen molar-refractivity contribution in [3.05, 3.63) is 24.2 Å². The van der Waals surface area contributed by atoms with Gasteiger partial charge in [0.2, 0.25) is 0 Å². The van der Waals surface area contributed by atoms with Gasteiger partial charge in [-0.15, -0.1) is 0 Å². The lowest BCUT2D eigenvalue weighted by Gasteiger charge is -2.25. The fourth-order valence-electron chi connectivity index (χ4n) is 2.32. The predicted octanol–water partition coefficient (Wildman–Crippen LogP) is -0.103. The van der Waals surface area contributed by atoms with Gasteiger partial charge in [-0.2, -0.15) is 0 Å². The zero-order chi connectivity index (χ0) is 17.0. The van der Waals surface area contributed by atoms with Gasteiger partial charge in [0.15, 0.2) is 11.7 Å². The van der Waals surface area contributed by atoms with E-state index in [4.69, 9.17) is 9.15 Å². The molecule has 0 spiro atoms. The van der Waals surface area contributed by atoms with Crippen LogP contribution in [0.2, 0.25) is 0 Å². The number of nitrogens with zero attached hydrogens (tertiary/aromatic N) is 2. The van der Waals surface area contributed by atoms with E-state index in [0.29, 0.717) is 18.8 Å². The molecule has 1 aliphatic heterocycles. The van der Waals surface area contributed by atoms with Crippen molar-refractivity contribution in [2.24, 2.45) is 4.99 Å². The lowest BCUT2D eigenvalue weighted by atomic mass is 10.4. The molecular formula is C16H27N5O3. The highest BCUT2D eigenvalue weighted by Crippen LogP contribution is 1.98. The van der Waals surface area contributed by atoms with Crippen LogP contribution in [0.15, 0.2) is 27.8 Å². The minimum atomic E-state index is -0.212. The number of morpholine rings is 1. The van der Waals surface area contributed by atoms with Crippen molar-refractivity contribution in [2.45, 2.75) is 6.92 Å². The third-order valence-electron chi connectivity index (χ3n) is 3.58. The molecule has 1 aromatic rings. The Morgan fingerprint density at radius 2 is 2.04 bits per heavy atom. The molecule has 0 unspecified atom stereocenters. The van der Waals surface area contributed by atoms with Crippen LogP contribution in [0.4, 0.5) is 0 Å². The summed E-state index contributed by atoms with van der Waals surface area (Å²) >= 11 is 0. The maximum absolute atomic E-state index is 11.7. The lowest BCUT2D eigenvalue weighted by Crippen LogP contribution is -2.42. The molecule has 0 saturated carbocycles. The zero-order valence-corrected chi connectivity index (χ0v) is 14.2. The third kappa shape index (κ3) is 6.59. The highest BCUT2D eigenvalue weighted by molar-refractivity contribution is 5.91. The fourth-order valence-corrected chi connectivity index (χ4v) is 2.32. The van der Waals surface area contributed by atoms with E-state index in [1.54, 1.807) is 12.1 Å². The third-order valence-corrected chi connectivity index (χ3v) is 3.58. The second-order valence-corrected chi connectivity index (χ2v) is 5.37. The Bertz CT molecular complexity index is 498. The number of nitrogens with one attached hydrogen (secondary N) is 3. The molecular weight excluding hydrogens is 310 g/mol. The average molecular weight is 337 g/mol. The van der Waals surface area contributed by atoms with Gasteiger partial charge in [0, 0.05) is 39.3 Å². The molecule has 2 rings (SSSR count). The summed E-state index contributed by atoms with van der Waals surface area (Å²) in [6, 6.07) is 3.33. The van der Waals surface area contributed by atoms with Crippen molar-refractivity contribution in [1.29, 1.82) is 0 Å². The molecule has 1 aliphatic rings. The van der Waals surface area contributed by atoms with Crippen LogP contribution in [0.5, 0.6) is 0 Å². The van der Waals surface area contributed by atoms with Crippen molar-refractivity contribution in [1.82, 2.24) is 20.9 Å². The van der Waals surface area contributed by atoms with Crippen LogP contribution in [-0.2, 0) is 4.74 Å². The Morgan fingerprint density at radius 1 is 1.25 bits per heavy atom. The van der Waals surface area contributed by atoms with Gasteiger partial charge in [0.25, 0.3) is 5.91 Å². The summed E-state index contributed by atoms with van der Waals surface area (Å²) in [5, 5.41) is 9.20. The second-order valence-electron chi connectivity index (χ2n) is 5.37. The van der Waals surface area contributed by atoms with E-state index in [-0.39, 0.29) is 5.91 Å². The van der Waals surface area contributed by atoms with Gasteiger partial charge in [-0.25, -0.2) is 0 Å². The quantitative estimate of drug-likeness (QED) is 0.349. The Labute approximate surface area is 142 Å². The monoisotopic (exact) mass is 337 g/mol. The number of furan rings is 1. The molecule has 3 N–H and O–H groups in total. The summed E-state index contributed by atoms with van der Waals surface area (Å²) in [6.07, 6.45) is 1.48. The van der Waals surface area contributed by atoms with E-state index >= 15 is 0 Å². The van der Waals surface area contributed by atoms with Gasteiger partial charge in [0.1, 0.15) is 0 Å². The maximum Gasteiger partial charge on any atom is 0.287 e. The van der Waals surface area contributed by atoms with Crippen molar-refractivity contribution in [2.75, 3.05) is 59.0 Å². The molecule has 1 fully saturated rings. The van der Waals surface area contributed by atoms with Gasteiger partial charge in [-0.3, -0.25) is 14.7 Å². The fraction of sp³-hybridized carbons (Fsp3) is 0.625. The van der Waals surface area contributed by atoms with E-state index in [1.165, 1.54) is 6.26 Å². The summed E-state index contributed by atoms with van der Waals surface area (Å²) < 4.78 is 10.4. The molecule has 1 aromatic heterocycles. The van der Waals surface area contributed by atoms with E-state index in [9.17, 15) is 4.79 Å². The van der Waals surface area contributed by atoms with Crippen LogP contribution in [-0.4, -0.2) is 75.8 Å². The molecule has 1 amide bonds. The first-order chi connectivity index (χ1) is 11.8. The summed E-state index contributed by atoms with van der Waals surface area (Å²) in [6.45, 7) is 9.11. The first-order valence-corrected chi connectivity index (χ1v) is 8.43. The average Bonchev–Trinajstić information content (AvgIpc) is 3.14. The minimum Gasteiger partial charge on any atom is -0.459 e. The Kier molecular flexibility index (Phi) is 8.12. The van der Waals surface area contributed by atoms with Gasteiger partial charge in [-0.1, -0.05) is 0 Å². The van der Waals surface area contributed by atoms with Gasteiger partial charge in [0.05, 0.1) is 26.0 Å². The molecule has 8 heteroatoms. The van der Waals surface area contributed by atoms with Crippen LogP contribution in [0.1, 0.15) is 17.5 Å². The van der Waals surface area contributed by atoms with Crippen LogP contribution in [0, 0.1) is 0 Å². The number of rotatable bonds is 8. The largest absolute Gasteiger partial charge is 0.459 e. The Morgan fingerprint density at radius 3 is 2.75 bits per heavy atom. The predicted molar refractivity (Wildman–Crippen MR) is 92.3 cm³/mol. The topological polar surface area (TPSA) is 91.1 Å². The number of carbonyl (C=O) groups is 1. The molecule has 2 heterocycles. The standard InChI is InChI=1S/C16H27N5O3/c1-2-17-16(20-7-8-21-9-12-23-13-10-21)19-6-5-18-15(22)14-4-3-11-24-14/h3-4,11H,2,5-10,12-13H2,1H3,(H,18,22)(H2,17,19,20). The smallest absolute Gasteiger partial charge is 0.287 e. The molecule has 0 atom stereocenters. The molecule has 0 bridgehead atoms. The summed E-state index contributed by atoms with van der Waals surface area (Å²) in [4.78, 5) is 18.6. The molecule has 8 nitrogen and oxygen atoms in total. The van der Waals surface area contributed by atoms with Crippen LogP contribution >= 0.6 is 0 Å². The SMILES string of the molecule is CCNC(=NCCN1CCOCC1)NCCNC(=O)c1ccco1. The number of amides is 1. The van der Waals surface area contributed by atoms with Gasteiger partial charge in [-0.05, 0) is 19.1 Å². The number of hydrogen-bond acceptors (Lipinski definition) is 5. The molecule has 0 aliphatic carbocycles. The second kappa shape index (κ2) is 10.7. The number of guanidine groups is 1. The molecule has 134 valence electrons. The number of aliphatic imine (C=N–C) groups is 1. The summed E-state index contributed by atoms with van der Waals surface area (Å²) in [5.74, 6) is 0.871. The van der Waals surface area contributed by atoms with E-state index in [1.807, 2.05) is 6.92 Å². The Hall–Kier alpha value is -2.06. The highest BCUT2D eigenvalue weighted by atomic mass is 16.5. The summed E-state index contributed by atoms with van der Waals surface area (Å²) in [7, 11) is 0. The lowest BCUT2D eigenvalue weighted by molar-refractivity contribution is 0.0394. The minimum absolute atomic E-state index is 0.212. The first kappa shape index (κ1) is 18.3. The van der Waals surface area contributed by atoms with Crippen LogP contribution in [0.25, 0.3) is 0 Å². The number of ether oxygens (including phenoxy) is 1. The van der Waals surface area contributed by atoms with Crippen LogP contribution < -0.4 is 16.0 Å². The number of carbonyl (C=O) groups excluding carboxylic acids is 1. The van der Waals surface area contributed by atoms with Gasteiger partial charge >= 0.3 is 0 Å². The van der Waals surface area contributed by atoms with Crippen LogP contribution in [0.3, 0.4) is 0 Å². The van der Waals surface area contributed by atoms with Crippen molar-refractivity contribution < 1.29 is 13.9 Å². The van der Waals surface area contributed by atoms with E-state index in [2.05, 4.69) is 25.8 Å². The van der Waals surface area contributed by atoms with Crippen molar-refractivity contribution in [3.63, 3.8) is 0 Å². The Balaban J connectivity index is 1.64. The molecule has 0 radical (unpaired) electrons. The summed E-state index contributed by atoms with van der Waals surface area (Å²) in [5.41, 5.74) is 0. The number of hydrogen-bond donors (Lipinski definition) is 3. The maximum atomic E-state index is 11.7. The molecule has 24 heavy (non-hydrogen) atoms.